The van der Waals surface area contributed by atoms with Crippen molar-refractivity contribution in [1.82, 2.24) is 20.0 Å². The van der Waals surface area contributed by atoms with Crippen LogP contribution in [0, 0.1) is 0 Å². The SMILES string of the molecule is CNC(CN(C)C)c1cnn(C)c1. The maximum absolute atomic E-state index is 4.15. The minimum Gasteiger partial charge on any atom is -0.312 e. The summed E-state index contributed by atoms with van der Waals surface area (Å²) in [6.07, 6.45) is 3.95. The van der Waals surface area contributed by atoms with Crippen LogP contribution in [0.4, 0.5) is 0 Å². The molecule has 1 heterocycles. The van der Waals surface area contributed by atoms with E-state index in [-0.39, 0.29) is 0 Å². The first-order chi connectivity index (χ1) is 6.13. The first-order valence-corrected chi connectivity index (χ1v) is 4.44. The van der Waals surface area contributed by atoms with E-state index in [9.17, 15) is 0 Å². The van der Waals surface area contributed by atoms with Crippen LogP contribution in [-0.2, 0) is 7.05 Å². The average Bonchev–Trinajstić information content (AvgIpc) is 2.47. The van der Waals surface area contributed by atoms with Gasteiger partial charge in [-0.3, -0.25) is 4.68 Å². The van der Waals surface area contributed by atoms with Gasteiger partial charge >= 0.3 is 0 Å². The minimum absolute atomic E-state index is 0.365. The Hall–Kier alpha value is -0.870. The fraction of sp³-hybridized carbons (Fsp3) is 0.667. The highest BCUT2D eigenvalue weighted by Crippen LogP contribution is 2.11. The Kier molecular flexibility index (Phi) is 3.45. The third kappa shape index (κ3) is 2.82. The lowest BCUT2D eigenvalue weighted by molar-refractivity contribution is 0.352. The molecule has 74 valence electrons. The van der Waals surface area contributed by atoms with E-state index in [1.54, 1.807) is 0 Å². The Morgan fingerprint density at radius 1 is 1.62 bits per heavy atom. The van der Waals surface area contributed by atoms with Crippen molar-refractivity contribution in [2.45, 2.75) is 6.04 Å². The summed E-state index contributed by atoms with van der Waals surface area (Å²) < 4.78 is 1.83. The third-order valence-electron chi connectivity index (χ3n) is 2.02. The van der Waals surface area contributed by atoms with Crippen molar-refractivity contribution in [3.63, 3.8) is 0 Å². The molecular formula is C9H18N4. The largest absolute Gasteiger partial charge is 0.312 e. The van der Waals surface area contributed by atoms with Crippen LogP contribution in [0.15, 0.2) is 12.4 Å². The molecule has 1 aromatic heterocycles. The number of aromatic nitrogens is 2. The molecule has 4 nitrogen and oxygen atoms in total. The smallest absolute Gasteiger partial charge is 0.0538 e. The molecule has 0 saturated carbocycles. The molecule has 4 heteroatoms. The lowest BCUT2D eigenvalue weighted by atomic mass is 10.1. The van der Waals surface area contributed by atoms with Gasteiger partial charge in [0.15, 0.2) is 0 Å². The van der Waals surface area contributed by atoms with Crippen molar-refractivity contribution < 1.29 is 0 Å². The Bertz CT molecular complexity index is 254. The molecule has 0 aliphatic carbocycles. The molecule has 0 fully saturated rings. The molecule has 1 N–H and O–H groups in total. The zero-order valence-electron chi connectivity index (χ0n) is 8.78. The van der Waals surface area contributed by atoms with E-state index in [0.29, 0.717) is 6.04 Å². The van der Waals surface area contributed by atoms with Crippen LogP contribution in [0.5, 0.6) is 0 Å². The summed E-state index contributed by atoms with van der Waals surface area (Å²) in [6, 6.07) is 0.365. The van der Waals surface area contributed by atoms with E-state index in [1.807, 2.05) is 31.2 Å². The van der Waals surface area contributed by atoms with Gasteiger partial charge in [-0.05, 0) is 21.1 Å². The summed E-state index contributed by atoms with van der Waals surface area (Å²) in [5.74, 6) is 0. The monoisotopic (exact) mass is 182 g/mol. The van der Waals surface area contributed by atoms with Crippen molar-refractivity contribution >= 4 is 0 Å². The molecule has 0 spiro atoms. The summed E-state index contributed by atoms with van der Waals surface area (Å²) in [6.45, 7) is 0.988. The zero-order valence-corrected chi connectivity index (χ0v) is 8.78. The average molecular weight is 182 g/mol. The van der Waals surface area contributed by atoms with Crippen LogP contribution in [0.2, 0.25) is 0 Å². The highest BCUT2D eigenvalue weighted by molar-refractivity contribution is 5.10. The van der Waals surface area contributed by atoms with Crippen molar-refractivity contribution in [1.29, 1.82) is 0 Å². The molecule has 0 radical (unpaired) electrons. The fourth-order valence-corrected chi connectivity index (χ4v) is 1.35. The first kappa shape index (κ1) is 10.2. The van der Waals surface area contributed by atoms with Crippen molar-refractivity contribution in [2.75, 3.05) is 27.7 Å². The van der Waals surface area contributed by atoms with E-state index in [2.05, 4.69) is 29.4 Å². The summed E-state index contributed by atoms with van der Waals surface area (Å²) in [4.78, 5) is 2.16. The summed E-state index contributed by atoms with van der Waals surface area (Å²) >= 11 is 0. The number of hydrogen-bond donors (Lipinski definition) is 1. The fourth-order valence-electron chi connectivity index (χ4n) is 1.35. The second-order valence-corrected chi connectivity index (χ2v) is 3.55. The lowest BCUT2D eigenvalue weighted by Gasteiger charge is -2.18. The van der Waals surface area contributed by atoms with Gasteiger partial charge in [0.25, 0.3) is 0 Å². The molecular weight excluding hydrogens is 164 g/mol. The summed E-state index contributed by atoms with van der Waals surface area (Å²) in [7, 11) is 8.05. The molecule has 13 heavy (non-hydrogen) atoms. The van der Waals surface area contributed by atoms with Crippen LogP contribution >= 0.6 is 0 Å². The number of rotatable bonds is 4. The molecule has 0 aromatic carbocycles. The van der Waals surface area contributed by atoms with Gasteiger partial charge < -0.3 is 10.2 Å². The van der Waals surface area contributed by atoms with Gasteiger partial charge in [-0.2, -0.15) is 5.10 Å². The summed E-state index contributed by atoms with van der Waals surface area (Å²) in [5.41, 5.74) is 1.23. The maximum atomic E-state index is 4.15. The van der Waals surface area contributed by atoms with Crippen LogP contribution in [0.1, 0.15) is 11.6 Å². The Morgan fingerprint density at radius 3 is 2.69 bits per heavy atom. The first-order valence-electron chi connectivity index (χ1n) is 4.44. The van der Waals surface area contributed by atoms with Gasteiger partial charge in [-0.25, -0.2) is 0 Å². The Balaban J connectivity index is 2.66. The van der Waals surface area contributed by atoms with Gasteiger partial charge in [0.05, 0.1) is 6.20 Å². The standard InChI is InChI=1S/C9H18N4/c1-10-9(7-12(2)3)8-5-11-13(4)6-8/h5-6,9-10H,7H2,1-4H3. The molecule has 0 saturated heterocycles. The van der Waals surface area contributed by atoms with Crippen LogP contribution < -0.4 is 5.32 Å². The van der Waals surface area contributed by atoms with E-state index in [1.165, 1.54) is 5.56 Å². The second kappa shape index (κ2) is 4.39. The van der Waals surface area contributed by atoms with Crippen LogP contribution in [0.25, 0.3) is 0 Å². The van der Waals surface area contributed by atoms with E-state index in [4.69, 9.17) is 0 Å². The molecule has 1 atom stereocenters. The van der Waals surface area contributed by atoms with Crippen molar-refractivity contribution in [3.05, 3.63) is 18.0 Å². The highest BCUT2D eigenvalue weighted by Gasteiger charge is 2.11. The van der Waals surface area contributed by atoms with Gasteiger partial charge in [0.2, 0.25) is 0 Å². The van der Waals surface area contributed by atoms with Crippen molar-refractivity contribution in [3.8, 4) is 0 Å². The van der Waals surface area contributed by atoms with Crippen LogP contribution in [0.3, 0.4) is 0 Å². The quantitative estimate of drug-likeness (QED) is 0.724. The predicted molar refractivity (Wildman–Crippen MR) is 53.6 cm³/mol. The van der Waals surface area contributed by atoms with E-state index in [0.717, 1.165) is 6.54 Å². The summed E-state index contributed by atoms with van der Waals surface area (Å²) in [5, 5.41) is 7.42. The second-order valence-electron chi connectivity index (χ2n) is 3.55. The lowest BCUT2D eigenvalue weighted by Crippen LogP contribution is -2.28. The Morgan fingerprint density at radius 2 is 2.31 bits per heavy atom. The van der Waals surface area contributed by atoms with E-state index >= 15 is 0 Å². The molecule has 0 aliphatic rings. The number of nitrogens with one attached hydrogen (secondary N) is 1. The molecule has 0 amide bonds. The highest BCUT2D eigenvalue weighted by atomic mass is 15.2. The molecule has 1 unspecified atom stereocenters. The number of likely N-dealkylation sites (N-methyl/N-ethyl adjacent to an activating group) is 2. The number of nitrogens with zero attached hydrogens (tertiary/aromatic N) is 3. The third-order valence-corrected chi connectivity index (χ3v) is 2.02. The van der Waals surface area contributed by atoms with Crippen LogP contribution in [-0.4, -0.2) is 42.4 Å². The van der Waals surface area contributed by atoms with Gasteiger partial charge in [0, 0.05) is 31.4 Å². The molecule has 1 aromatic rings. The molecule has 1 rings (SSSR count). The minimum atomic E-state index is 0.365. The number of hydrogen-bond acceptors (Lipinski definition) is 3. The van der Waals surface area contributed by atoms with Gasteiger partial charge in [-0.1, -0.05) is 0 Å². The van der Waals surface area contributed by atoms with Gasteiger partial charge in [-0.15, -0.1) is 0 Å². The zero-order chi connectivity index (χ0) is 9.84. The topological polar surface area (TPSA) is 33.1 Å². The van der Waals surface area contributed by atoms with Crippen molar-refractivity contribution in [2.24, 2.45) is 7.05 Å². The predicted octanol–water partition coefficient (Wildman–Crippen LogP) is 0.242. The maximum Gasteiger partial charge on any atom is 0.0538 e. The number of aryl methyl sites for hydroxylation is 1. The molecule has 0 bridgehead atoms. The van der Waals surface area contributed by atoms with E-state index < -0.39 is 0 Å². The Labute approximate surface area is 79.5 Å². The van der Waals surface area contributed by atoms with Gasteiger partial charge in [0.1, 0.15) is 0 Å². The normalized spacial score (nSPS) is 13.6. The molecule has 0 aliphatic heterocycles.